The number of aryl methyl sites for hydroxylation is 1. The SMILES string of the molecule is Cc1cc(F)ccc1C(=O)CCOc1ccccc1. The maximum Gasteiger partial charge on any atom is 0.166 e. The predicted octanol–water partition coefficient (Wildman–Crippen LogP) is 3.79. The second kappa shape index (κ2) is 6.14. The summed E-state index contributed by atoms with van der Waals surface area (Å²) in [5.74, 6) is 0.383. The second-order valence-electron chi connectivity index (χ2n) is 4.29. The van der Waals surface area contributed by atoms with Crippen molar-refractivity contribution in [1.82, 2.24) is 0 Å². The highest BCUT2D eigenvalue weighted by Gasteiger charge is 2.09. The third-order valence-corrected chi connectivity index (χ3v) is 2.83. The van der Waals surface area contributed by atoms with E-state index >= 15 is 0 Å². The highest BCUT2D eigenvalue weighted by atomic mass is 19.1. The van der Waals surface area contributed by atoms with E-state index in [4.69, 9.17) is 4.74 Å². The summed E-state index contributed by atoms with van der Waals surface area (Å²) < 4.78 is 18.4. The maximum atomic E-state index is 12.9. The standard InChI is InChI=1S/C16H15FO2/c1-12-11-13(17)7-8-15(12)16(18)9-10-19-14-5-3-2-4-6-14/h2-8,11H,9-10H2,1H3. The van der Waals surface area contributed by atoms with E-state index in [1.807, 2.05) is 30.3 Å². The van der Waals surface area contributed by atoms with Gasteiger partial charge in [0.2, 0.25) is 0 Å². The Bertz CT molecular complexity index is 564. The number of ether oxygens (including phenoxy) is 1. The van der Waals surface area contributed by atoms with Crippen LogP contribution in [0.1, 0.15) is 22.3 Å². The third-order valence-electron chi connectivity index (χ3n) is 2.83. The van der Waals surface area contributed by atoms with Crippen LogP contribution in [0.3, 0.4) is 0 Å². The molecule has 2 rings (SSSR count). The molecule has 0 amide bonds. The molecule has 0 heterocycles. The van der Waals surface area contributed by atoms with Gasteiger partial charge in [-0.15, -0.1) is 0 Å². The molecule has 0 unspecified atom stereocenters. The van der Waals surface area contributed by atoms with Crippen LogP contribution < -0.4 is 4.74 Å². The van der Waals surface area contributed by atoms with Crippen molar-refractivity contribution >= 4 is 5.78 Å². The molecule has 0 aliphatic rings. The van der Waals surface area contributed by atoms with E-state index in [1.165, 1.54) is 18.2 Å². The van der Waals surface area contributed by atoms with Gasteiger partial charge in [0.05, 0.1) is 6.61 Å². The number of para-hydroxylation sites is 1. The van der Waals surface area contributed by atoms with E-state index in [-0.39, 0.29) is 18.0 Å². The van der Waals surface area contributed by atoms with Crippen molar-refractivity contribution in [2.45, 2.75) is 13.3 Å². The Labute approximate surface area is 111 Å². The highest BCUT2D eigenvalue weighted by molar-refractivity contribution is 5.97. The summed E-state index contributed by atoms with van der Waals surface area (Å²) in [4.78, 5) is 12.0. The van der Waals surface area contributed by atoms with Crippen LogP contribution in [0.25, 0.3) is 0 Å². The summed E-state index contributed by atoms with van der Waals surface area (Å²) in [7, 11) is 0. The van der Waals surface area contributed by atoms with Crippen LogP contribution in [0.5, 0.6) is 5.75 Å². The molecule has 2 nitrogen and oxygen atoms in total. The number of hydrogen-bond acceptors (Lipinski definition) is 2. The molecule has 0 spiro atoms. The molecule has 3 heteroatoms. The van der Waals surface area contributed by atoms with E-state index in [9.17, 15) is 9.18 Å². The van der Waals surface area contributed by atoms with E-state index in [0.717, 1.165) is 5.75 Å². The van der Waals surface area contributed by atoms with E-state index in [0.29, 0.717) is 17.7 Å². The van der Waals surface area contributed by atoms with Gasteiger partial charge in [-0.1, -0.05) is 18.2 Å². The van der Waals surface area contributed by atoms with Gasteiger partial charge in [-0.05, 0) is 42.8 Å². The Hall–Kier alpha value is -2.16. The number of halogens is 1. The summed E-state index contributed by atoms with van der Waals surface area (Å²) in [5.41, 5.74) is 1.21. The molecule has 98 valence electrons. The van der Waals surface area contributed by atoms with Gasteiger partial charge in [-0.25, -0.2) is 4.39 Å². The van der Waals surface area contributed by atoms with Gasteiger partial charge in [-0.2, -0.15) is 0 Å². The fourth-order valence-electron chi connectivity index (χ4n) is 1.85. The van der Waals surface area contributed by atoms with Gasteiger partial charge in [0, 0.05) is 12.0 Å². The first-order chi connectivity index (χ1) is 9.16. The van der Waals surface area contributed by atoms with Gasteiger partial charge >= 0.3 is 0 Å². The average molecular weight is 258 g/mol. The Balaban J connectivity index is 1.91. The quantitative estimate of drug-likeness (QED) is 0.763. The number of carbonyl (C=O) groups excluding carboxylic acids is 1. The van der Waals surface area contributed by atoms with Crippen molar-refractivity contribution in [3.8, 4) is 5.75 Å². The molecule has 19 heavy (non-hydrogen) atoms. The van der Waals surface area contributed by atoms with Crippen LogP contribution in [0.15, 0.2) is 48.5 Å². The number of hydrogen-bond donors (Lipinski definition) is 0. The van der Waals surface area contributed by atoms with Crippen LogP contribution >= 0.6 is 0 Å². The molecule has 2 aromatic rings. The zero-order valence-corrected chi connectivity index (χ0v) is 10.7. The number of rotatable bonds is 5. The van der Waals surface area contributed by atoms with Gasteiger partial charge in [0.25, 0.3) is 0 Å². The Morgan fingerprint density at radius 1 is 1.16 bits per heavy atom. The molecule has 0 saturated heterocycles. The number of benzene rings is 2. The summed E-state index contributed by atoms with van der Waals surface area (Å²) in [5, 5.41) is 0. The fraction of sp³-hybridized carbons (Fsp3) is 0.188. The van der Waals surface area contributed by atoms with E-state index in [1.54, 1.807) is 6.92 Å². The van der Waals surface area contributed by atoms with E-state index < -0.39 is 0 Å². The number of Topliss-reactive ketones (excluding diaryl/α,β-unsaturated/α-hetero) is 1. The molecule has 0 N–H and O–H groups in total. The lowest BCUT2D eigenvalue weighted by Crippen LogP contribution is -2.08. The van der Waals surface area contributed by atoms with Crippen LogP contribution in [0, 0.1) is 12.7 Å². The smallest absolute Gasteiger partial charge is 0.166 e. The van der Waals surface area contributed by atoms with Crippen molar-refractivity contribution in [3.05, 3.63) is 65.5 Å². The maximum absolute atomic E-state index is 12.9. The lowest BCUT2D eigenvalue weighted by molar-refractivity contribution is 0.0961. The van der Waals surface area contributed by atoms with Gasteiger partial charge in [0.1, 0.15) is 11.6 Å². The lowest BCUT2D eigenvalue weighted by atomic mass is 10.0. The van der Waals surface area contributed by atoms with Gasteiger partial charge < -0.3 is 4.74 Å². The molecule has 0 aliphatic heterocycles. The van der Waals surface area contributed by atoms with Crippen molar-refractivity contribution in [1.29, 1.82) is 0 Å². The Morgan fingerprint density at radius 2 is 1.89 bits per heavy atom. The summed E-state index contributed by atoms with van der Waals surface area (Å²) >= 11 is 0. The van der Waals surface area contributed by atoms with Crippen LogP contribution in [0.2, 0.25) is 0 Å². The minimum Gasteiger partial charge on any atom is -0.493 e. The fourth-order valence-corrected chi connectivity index (χ4v) is 1.85. The molecule has 0 saturated carbocycles. The minimum atomic E-state index is -0.324. The molecule has 0 aromatic heterocycles. The molecular formula is C16H15FO2. The monoisotopic (exact) mass is 258 g/mol. The number of carbonyl (C=O) groups is 1. The molecule has 2 aromatic carbocycles. The van der Waals surface area contributed by atoms with Crippen molar-refractivity contribution < 1.29 is 13.9 Å². The zero-order valence-electron chi connectivity index (χ0n) is 10.7. The Morgan fingerprint density at radius 3 is 2.58 bits per heavy atom. The molecular weight excluding hydrogens is 243 g/mol. The summed E-state index contributed by atoms with van der Waals surface area (Å²) in [6, 6.07) is 13.5. The molecule has 0 fully saturated rings. The summed E-state index contributed by atoms with van der Waals surface area (Å²) in [6.07, 6.45) is 0.279. The van der Waals surface area contributed by atoms with Crippen LogP contribution in [-0.4, -0.2) is 12.4 Å². The average Bonchev–Trinajstić information content (AvgIpc) is 2.39. The summed E-state index contributed by atoms with van der Waals surface area (Å²) in [6.45, 7) is 2.05. The number of ketones is 1. The molecule has 0 aliphatic carbocycles. The first-order valence-corrected chi connectivity index (χ1v) is 6.14. The first-order valence-electron chi connectivity index (χ1n) is 6.14. The zero-order chi connectivity index (χ0) is 13.7. The highest BCUT2D eigenvalue weighted by Crippen LogP contribution is 2.13. The molecule has 0 radical (unpaired) electrons. The molecule has 0 atom stereocenters. The molecule has 0 bridgehead atoms. The topological polar surface area (TPSA) is 26.3 Å². The van der Waals surface area contributed by atoms with Gasteiger partial charge in [-0.3, -0.25) is 4.79 Å². The lowest BCUT2D eigenvalue weighted by Gasteiger charge is -2.07. The van der Waals surface area contributed by atoms with Crippen molar-refractivity contribution in [2.75, 3.05) is 6.61 Å². The van der Waals surface area contributed by atoms with E-state index in [2.05, 4.69) is 0 Å². The van der Waals surface area contributed by atoms with Crippen LogP contribution in [0.4, 0.5) is 4.39 Å². The van der Waals surface area contributed by atoms with Gasteiger partial charge in [0.15, 0.2) is 5.78 Å². The largest absolute Gasteiger partial charge is 0.493 e. The predicted molar refractivity (Wildman–Crippen MR) is 72.0 cm³/mol. The normalized spacial score (nSPS) is 10.2. The second-order valence-corrected chi connectivity index (χ2v) is 4.29. The van der Waals surface area contributed by atoms with Crippen molar-refractivity contribution in [3.63, 3.8) is 0 Å². The third kappa shape index (κ3) is 3.65. The van der Waals surface area contributed by atoms with Crippen molar-refractivity contribution in [2.24, 2.45) is 0 Å². The van der Waals surface area contributed by atoms with Crippen LogP contribution in [-0.2, 0) is 0 Å². The Kier molecular flexibility index (Phi) is 4.29. The minimum absolute atomic E-state index is 0.0339. The first kappa shape index (κ1) is 13.3.